The minimum Gasteiger partial charge on any atom is -0.375 e. The fourth-order valence-corrected chi connectivity index (χ4v) is 1.50. The number of ether oxygens (including phenoxy) is 1. The number of hydrogen-bond acceptors (Lipinski definition) is 5. The highest BCUT2D eigenvalue weighted by molar-refractivity contribution is 5.77. The van der Waals surface area contributed by atoms with Crippen molar-refractivity contribution in [3.8, 4) is 11.5 Å². The van der Waals surface area contributed by atoms with E-state index < -0.39 is 0 Å². The van der Waals surface area contributed by atoms with E-state index in [0.29, 0.717) is 11.7 Å². The van der Waals surface area contributed by atoms with Crippen molar-refractivity contribution < 1.29 is 14.1 Å². The van der Waals surface area contributed by atoms with Gasteiger partial charge in [0.15, 0.2) is 5.82 Å². The fraction of sp³-hybridized carbons (Fsp3) is 0.308. The predicted octanol–water partition coefficient (Wildman–Crippen LogP) is 1.31. The summed E-state index contributed by atoms with van der Waals surface area (Å²) < 4.78 is 9.84. The molecule has 0 aliphatic carbocycles. The Bertz CT molecular complexity index is 549. The third-order valence-electron chi connectivity index (χ3n) is 2.49. The van der Waals surface area contributed by atoms with Gasteiger partial charge >= 0.3 is 0 Å². The lowest BCUT2D eigenvalue weighted by molar-refractivity contribution is -0.124. The molecule has 100 valence electrons. The van der Waals surface area contributed by atoms with Gasteiger partial charge in [0.25, 0.3) is 5.89 Å². The van der Waals surface area contributed by atoms with Gasteiger partial charge in [0.05, 0.1) is 6.54 Å². The molecule has 1 amide bonds. The van der Waals surface area contributed by atoms with Crippen LogP contribution < -0.4 is 5.32 Å². The summed E-state index contributed by atoms with van der Waals surface area (Å²) >= 11 is 0. The summed E-state index contributed by atoms with van der Waals surface area (Å²) in [5.41, 5.74) is 2.02. The molecule has 6 heteroatoms. The van der Waals surface area contributed by atoms with Crippen LogP contribution in [0, 0.1) is 6.92 Å². The molecular weight excluding hydrogens is 246 g/mol. The molecule has 0 bridgehead atoms. The molecule has 1 aromatic heterocycles. The van der Waals surface area contributed by atoms with Crippen LogP contribution in [0.15, 0.2) is 28.8 Å². The first kappa shape index (κ1) is 13.2. The second-order valence-electron chi connectivity index (χ2n) is 4.09. The first-order chi connectivity index (χ1) is 9.19. The Morgan fingerprint density at radius 3 is 2.79 bits per heavy atom. The second-order valence-corrected chi connectivity index (χ2v) is 4.09. The first-order valence-electron chi connectivity index (χ1n) is 5.84. The van der Waals surface area contributed by atoms with Crippen LogP contribution in [0.1, 0.15) is 11.4 Å². The number of methoxy groups -OCH3 is 1. The number of rotatable bonds is 5. The van der Waals surface area contributed by atoms with Crippen LogP contribution in [0.2, 0.25) is 0 Å². The van der Waals surface area contributed by atoms with E-state index in [1.54, 1.807) is 0 Å². The third kappa shape index (κ3) is 3.62. The van der Waals surface area contributed by atoms with Crippen LogP contribution >= 0.6 is 0 Å². The molecule has 0 fully saturated rings. The Balaban J connectivity index is 1.99. The van der Waals surface area contributed by atoms with Gasteiger partial charge in [0.2, 0.25) is 5.91 Å². The van der Waals surface area contributed by atoms with Gasteiger partial charge in [0.1, 0.15) is 6.61 Å². The van der Waals surface area contributed by atoms with E-state index in [1.807, 2.05) is 31.2 Å². The average molecular weight is 261 g/mol. The monoisotopic (exact) mass is 261 g/mol. The molecule has 0 aliphatic rings. The summed E-state index contributed by atoms with van der Waals surface area (Å²) in [6.07, 6.45) is 0. The van der Waals surface area contributed by atoms with Crippen molar-refractivity contribution in [1.29, 1.82) is 0 Å². The zero-order valence-corrected chi connectivity index (χ0v) is 10.8. The zero-order valence-electron chi connectivity index (χ0n) is 10.8. The molecule has 0 aliphatic heterocycles. The van der Waals surface area contributed by atoms with E-state index in [2.05, 4.69) is 15.5 Å². The van der Waals surface area contributed by atoms with E-state index in [9.17, 15) is 4.79 Å². The van der Waals surface area contributed by atoms with E-state index >= 15 is 0 Å². The molecule has 1 aromatic carbocycles. The van der Waals surface area contributed by atoms with E-state index in [1.165, 1.54) is 7.11 Å². The third-order valence-corrected chi connectivity index (χ3v) is 2.49. The lowest BCUT2D eigenvalue weighted by atomic mass is 10.1. The van der Waals surface area contributed by atoms with Crippen molar-refractivity contribution in [2.75, 3.05) is 13.7 Å². The van der Waals surface area contributed by atoms with Crippen molar-refractivity contribution in [3.05, 3.63) is 35.7 Å². The maximum atomic E-state index is 11.2. The second kappa shape index (κ2) is 6.10. The van der Waals surface area contributed by atoms with Crippen LogP contribution in [0.3, 0.4) is 0 Å². The number of nitrogens with one attached hydrogen (secondary N) is 1. The highest BCUT2D eigenvalue weighted by Gasteiger charge is 2.09. The smallest absolute Gasteiger partial charge is 0.257 e. The van der Waals surface area contributed by atoms with Crippen LogP contribution in [0.5, 0.6) is 0 Å². The fourth-order valence-electron chi connectivity index (χ4n) is 1.50. The summed E-state index contributed by atoms with van der Waals surface area (Å²) in [6.45, 7) is 2.24. The van der Waals surface area contributed by atoms with Crippen molar-refractivity contribution in [2.24, 2.45) is 0 Å². The Morgan fingerprint density at radius 2 is 2.11 bits per heavy atom. The van der Waals surface area contributed by atoms with Crippen LogP contribution in [-0.2, 0) is 16.1 Å². The average Bonchev–Trinajstić information content (AvgIpc) is 2.86. The first-order valence-corrected chi connectivity index (χ1v) is 5.84. The Kier molecular flexibility index (Phi) is 4.25. The maximum absolute atomic E-state index is 11.2. The predicted molar refractivity (Wildman–Crippen MR) is 68.2 cm³/mol. The van der Waals surface area contributed by atoms with Crippen molar-refractivity contribution in [2.45, 2.75) is 13.5 Å². The Labute approximate surface area is 110 Å². The zero-order chi connectivity index (χ0) is 13.7. The van der Waals surface area contributed by atoms with Crippen LogP contribution in [0.4, 0.5) is 0 Å². The van der Waals surface area contributed by atoms with Gasteiger partial charge in [-0.3, -0.25) is 4.79 Å². The summed E-state index contributed by atoms with van der Waals surface area (Å²) in [4.78, 5) is 15.4. The molecule has 0 spiro atoms. The number of amides is 1. The molecule has 1 N–H and O–H groups in total. The molecule has 2 rings (SSSR count). The molecule has 19 heavy (non-hydrogen) atoms. The van der Waals surface area contributed by atoms with Gasteiger partial charge in [-0.1, -0.05) is 22.9 Å². The molecule has 0 unspecified atom stereocenters. The van der Waals surface area contributed by atoms with Gasteiger partial charge in [-0.2, -0.15) is 4.98 Å². The highest BCUT2D eigenvalue weighted by Crippen LogP contribution is 2.17. The van der Waals surface area contributed by atoms with Crippen LogP contribution in [-0.4, -0.2) is 29.8 Å². The normalized spacial score (nSPS) is 10.4. The van der Waals surface area contributed by atoms with Gasteiger partial charge in [-0.05, 0) is 19.1 Å². The minimum atomic E-state index is -0.218. The standard InChI is InChI=1S/C13H15N3O3/c1-9-3-5-10(6-4-9)13-15-11(16-19-13)7-14-12(17)8-18-2/h3-6H,7-8H2,1-2H3,(H,14,17). The van der Waals surface area contributed by atoms with Gasteiger partial charge < -0.3 is 14.6 Å². The maximum Gasteiger partial charge on any atom is 0.257 e. The number of aromatic nitrogens is 2. The topological polar surface area (TPSA) is 77.2 Å². The highest BCUT2D eigenvalue weighted by atomic mass is 16.5. The molecule has 6 nitrogen and oxygen atoms in total. The largest absolute Gasteiger partial charge is 0.375 e. The Hall–Kier alpha value is -2.21. The summed E-state index contributed by atoms with van der Waals surface area (Å²) in [5, 5.41) is 6.43. The van der Waals surface area contributed by atoms with Gasteiger partial charge in [-0.15, -0.1) is 0 Å². The van der Waals surface area contributed by atoms with Crippen LogP contribution in [0.25, 0.3) is 11.5 Å². The Morgan fingerprint density at radius 1 is 1.37 bits per heavy atom. The number of hydrogen-bond donors (Lipinski definition) is 1. The molecule has 0 radical (unpaired) electrons. The molecule has 0 saturated carbocycles. The number of carbonyl (C=O) groups excluding carboxylic acids is 1. The summed E-state index contributed by atoms with van der Waals surface area (Å²) in [7, 11) is 1.46. The van der Waals surface area contributed by atoms with Crippen molar-refractivity contribution in [1.82, 2.24) is 15.5 Å². The number of nitrogens with zero attached hydrogens (tertiary/aromatic N) is 2. The van der Waals surface area contributed by atoms with Gasteiger partial charge in [0, 0.05) is 12.7 Å². The number of carbonyl (C=O) groups is 1. The summed E-state index contributed by atoms with van der Waals surface area (Å²) in [6, 6.07) is 7.77. The van der Waals surface area contributed by atoms with E-state index in [-0.39, 0.29) is 19.1 Å². The van der Waals surface area contributed by atoms with Crippen molar-refractivity contribution >= 4 is 5.91 Å². The SMILES string of the molecule is COCC(=O)NCc1noc(-c2ccc(C)cc2)n1. The lowest BCUT2D eigenvalue weighted by Crippen LogP contribution is -2.26. The van der Waals surface area contributed by atoms with E-state index in [0.717, 1.165) is 11.1 Å². The molecule has 0 saturated heterocycles. The summed E-state index contributed by atoms with van der Waals surface area (Å²) in [5.74, 6) is 0.653. The molecule has 1 heterocycles. The number of benzene rings is 1. The molecular formula is C13H15N3O3. The quantitative estimate of drug-likeness (QED) is 0.878. The molecule has 2 aromatic rings. The molecule has 0 atom stereocenters. The van der Waals surface area contributed by atoms with Gasteiger partial charge in [-0.25, -0.2) is 0 Å². The van der Waals surface area contributed by atoms with Crippen molar-refractivity contribution in [3.63, 3.8) is 0 Å². The minimum absolute atomic E-state index is 0.0165. The van der Waals surface area contributed by atoms with E-state index in [4.69, 9.17) is 9.26 Å². The number of aryl methyl sites for hydroxylation is 1. The lowest BCUT2D eigenvalue weighted by Gasteiger charge is -1.99.